The molecule has 3 heterocycles. The van der Waals surface area contributed by atoms with Gasteiger partial charge in [-0.3, -0.25) is 0 Å². The Hall–Kier alpha value is -2.74. The number of halogens is 2. The molecule has 178 valence electrons. The van der Waals surface area contributed by atoms with E-state index in [0.29, 0.717) is 22.9 Å². The molecule has 0 saturated carbocycles. The predicted octanol–water partition coefficient (Wildman–Crippen LogP) is 6.77. The number of rotatable bonds is 6. The molecule has 0 spiro atoms. The first kappa shape index (κ1) is 24.4. The number of aliphatic hydroxyl groups excluding tert-OH is 1. The summed E-state index contributed by atoms with van der Waals surface area (Å²) in [6, 6.07) is 14.4. The van der Waals surface area contributed by atoms with Gasteiger partial charge in [-0.15, -0.1) is 0 Å². The van der Waals surface area contributed by atoms with Gasteiger partial charge in [0.2, 0.25) is 5.95 Å². The molecule has 1 atom stereocenters. The van der Waals surface area contributed by atoms with Gasteiger partial charge in [0.25, 0.3) is 0 Å². The summed E-state index contributed by atoms with van der Waals surface area (Å²) in [4.78, 5) is 8.66. The minimum Gasteiger partial charge on any atom is -0.383 e. The number of hydrogen-bond acceptors (Lipinski definition) is 4. The zero-order valence-electron chi connectivity index (χ0n) is 20.1. The van der Waals surface area contributed by atoms with E-state index >= 15 is 4.39 Å². The number of aliphatic hydroxyl groups is 1. The lowest BCUT2D eigenvalue weighted by atomic mass is 10.0. The molecular weight excluding hydrogens is 467 g/mol. The molecule has 4 rings (SSSR count). The van der Waals surface area contributed by atoms with Crippen LogP contribution >= 0.6 is 11.6 Å². The summed E-state index contributed by atoms with van der Waals surface area (Å²) in [5, 5.41) is 15.9. The highest BCUT2D eigenvalue weighted by Gasteiger charge is 2.39. The van der Waals surface area contributed by atoms with Crippen molar-refractivity contribution in [3.05, 3.63) is 88.6 Å². The SMILES string of the molecule is CC(C)(C)[Si](C)(C)n1cc(C(O)c2ccc(NCc3ccc(Cl)cc3)nc2F)c2cccnc21. The van der Waals surface area contributed by atoms with Crippen molar-refractivity contribution in [2.75, 3.05) is 5.32 Å². The summed E-state index contributed by atoms with van der Waals surface area (Å²) in [6.07, 6.45) is 2.55. The van der Waals surface area contributed by atoms with E-state index in [-0.39, 0.29) is 10.6 Å². The van der Waals surface area contributed by atoms with Crippen LogP contribution in [0.3, 0.4) is 0 Å². The second-order valence-electron chi connectivity index (χ2n) is 10.1. The van der Waals surface area contributed by atoms with Crippen molar-refractivity contribution >= 4 is 36.7 Å². The number of pyridine rings is 2. The van der Waals surface area contributed by atoms with Gasteiger partial charge in [0.15, 0.2) is 8.24 Å². The normalized spacial score (nSPS) is 13.3. The van der Waals surface area contributed by atoms with Crippen LogP contribution in [0.2, 0.25) is 23.2 Å². The first-order chi connectivity index (χ1) is 16.0. The lowest BCUT2D eigenvalue weighted by Gasteiger charge is -2.38. The second-order valence-corrected chi connectivity index (χ2v) is 15.6. The molecule has 0 radical (unpaired) electrons. The maximum Gasteiger partial charge on any atom is 0.220 e. The van der Waals surface area contributed by atoms with Crippen molar-refractivity contribution in [2.45, 2.75) is 51.6 Å². The van der Waals surface area contributed by atoms with Crippen LogP contribution in [-0.4, -0.2) is 27.5 Å². The third-order valence-corrected chi connectivity index (χ3v) is 12.4. The highest BCUT2D eigenvalue weighted by Crippen LogP contribution is 2.41. The minimum atomic E-state index is -2.03. The lowest BCUT2D eigenvalue weighted by Crippen LogP contribution is -2.45. The molecule has 3 aromatic heterocycles. The number of aromatic nitrogens is 3. The zero-order valence-corrected chi connectivity index (χ0v) is 21.9. The van der Waals surface area contributed by atoms with Crippen LogP contribution in [0.4, 0.5) is 10.2 Å². The van der Waals surface area contributed by atoms with Crippen LogP contribution in [-0.2, 0) is 6.54 Å². The van der Waals surface area contributed by atoms with Crippen LogP contribution in [0.15, 0.2) is 60.9 Å². The van der Waals surface area contributed by atoms with E-state index in [4.69, 9.17) is 11.6 Å². The third-order valence-electron chi connectivity index (χ3n) is 6.89. The topological polar surface area (TPSA) is 63.0 Å². The fourth-order valence-electron chi connectivity index (χ4n) is 3.80. The van der Waals surface area contributed by atoms with E-state index in [2.05, 4.69) is 53.4 Å². The molecule has 0 aliphatic heterocycles. The summed E-state index contributed by atoms with van der Waals surface area (Å²) in [6.45, 7) is 11.7. The minimum absolute atomic E-state index is 0.0584. The van der Waals surface area contributed by atoms with Gasteiger partial charge < -0.3 is 14.7 Å². The van der Waals surface area contributed by atoms with Gasteiger partial charge >= 0.3 is 0 Å². The molecule has 0 aliphatic rings. The third kappa shape index (κ3) is 4.60. The number of fused-ring (bicyclic) bond motifs is 1. The predicted molar refractivity (Wildman–Crippen MR) is 139 cm³/mol. The Balaban J connectivity index is 1.65. The van der Waals surface area contributed by atoms with Crippen molar-refractivity contribution < 1.29 is 9.50 Å². The summed E-state index contributed by atoms with van der Waals surface area (Å²) >= 11 is 5.92. The molecule has 0 amide bonds. The Morgan fingerprint density at radius 1 is 1.09 bits per heavy atom. The van der Waals surface area contributed by atoms with Gasteiger partial charge in [0, 0.05) is 40.5 Å². The number of benzene rings is 1. The molecular formula is C26H30ClFN4OSi. The first-order valence-corrected chi connectivity index (χ1v) is 14.6. The summed E-state index contributed by atoms with van der Waals surface area (Å²) in [7, 11) is -2.03. The van der Waals surface area contributed by atoms with E-state index in [1.165, 1.54) is 0 Å². The van der Waals surface area contributed by atoms with Gasteiger partial charge in [0.1, 0.15) is 17.6 Å². The second kappa shape index (κ2) is 9.13. The van der Waals surface area contributed by atoms with Crippen LogP contribution < -0.4 is 5.32 Å². The number of hydrogen-bond donors (Lipinski definition) is 2. The van der Waals surface area contributed by atoms with Gasteiger partial charge in [-0.25, -0.2) is 9.97 Å². The van der Waals surface area contributed by atoms with Crippen molar-refractivity contribution in [2.24, 2.45) is 0 Å². The molecule has 0 fully saturated rings. The number of nitrogens with one attached hydrogen (secondary N) is 1. The van der Waals surface area contributed by atoms with Gasteiger partial charge in [-0.2, -0.15) is 4.39 Å². The Morgan fingerprint density at radius 3 is 2.44 bits per heavy atom. The summed E-state index contributed by atoms with van der Waals surface area (Å²) in [5.74, 6) is -0.306. The van der Waals surface area contributed by atoms with Gasteiger partial charge in [0.05, 0.1) is 0 Å². The Labute approximate surface area is 205 Å². The fraction of sp³-hybridized carbons (Fsp3) is 0.308. The van der Waals surface area contributed by atoms with Gasteiger partial charge in [-0.1, -0.05) is 57.6 Å². The lowest BCUT2D eigenvalue weighted by molar-refractivity contribution is 0.215. The molecule has 4 aromatic rings. The van der Waals surface area contributed by atoms with E-state index in [1.807, 2.05) is 30.5 Å². The van der Waals surface area contributed by atoms with Crippen LogP contribution in [0, 0.1) is 5.95 Å². The molecule has 5 nitrogen and oxygen atoms in total. The van der Waals surface area contributed by atoms with Crippen LogP contribution in [0.25, 0.3) is 11.0 Å². The van der Waals surface area contributed by atoms with Crippen molar-refractivity contribution in [3.63, 3.8) is 0 Å². The Bertz CT molecular complexity index is 1310. The molecule has 0 saturated heterocycles. The van der Waals surface area contributed by atoms with Crippen LogP contribution in [0.1, 0.15) is 43.6 Å². The molecule has 34 heavy (non-hydrogen) atoms. The highest BCUT2D eigenvalue weighted by molar-refractivity contribution is 6.79. The standard InChI is InChI=1S/C26H30ClFN4OSi/c1-26(2,3)34(4,5)32-16-21(19-7-6-14-29-25(19)32)23(33)20-12-13-22(31-24(20)28)30-15-17-8-10-18(27)11-9-17/h6-14,16,23,33H,15H2,1-5H3,(H,30,31). The van der Waals surface area contributed by atoms with E-state index in [9.17, 15) is 5.11 Å². The largest absolute Gasteiger partial charge is 0.383 e. The average Bonchev–Trinajstić information content (AvgIpc) is 3.18. The molecule has 2 N–H and O–H groups in total. The van der Waals surface area contributed by atoms with E-state index in [0.717, 1.165) is 16.6 Å². The molecule has 1 aromatic carbocycles. The average molecular weight is 497 g/mol. The summed E-state index contributed by atoms with van der Waals surface area (Å²) < 4.78 is 17.3. The molecule has 0 aliphatic carbocycles. The smallest absolute Gasteiger partial charge is 0.220 e. The molecule has 1 unspecified atom stereocenters. The van der Waals surface area contributed by atoms with Crippen molar-refractivity contribution in [1.82, 2.24) is 14.2 Å². The zero-order chi connectivity index (χ0) is 24.7. The van der Waals surface area contributed by atoms with Gasteiger partial charge in [-0.05, 0) is 47.0 Å². The quantitative estimate of drug-likeness (QED) is 0.228. The first-order valence-electron chi connectivity index (χ1n) is 11.3. The van der Waals surface area contributed by atoms with Crippen molar-refractivity contribution in [3.8, 4) is 0 Å². The monoisotopic (exact) mass is 496 g/mol. The van der Waals surface area contributed by atoms with E-state index < -0.39 is 20.3 Å². The number of anilines is 1. The fourth-order valence-corrected chi connectivity index (χ4v) is 5.82. The Morgan fingerprint density at radius 2 is 1.79 bits per heavy atom. The molecule has 0 bridgehead atoms. The maximum absolute atomic E-state index is 15.1. The Kier molecular flexibility index (Phi) is 6.55. The maximum atomic E-state index is 15.1. The number of nitrogens with zero attached hydrogens (tertiary/aromatic N) is 3. The van der Waals surface area contributed by atoms with E-state index in [1.54, 1.807) is 30.5 Å². The van der Waals surface area contributed by atoms with Crippen LogP contribution in [0.5, 0.6) is 0 Å². The highest BCUT2D eigenvalue weighted by atomic mass is 35.5. The molecule has 8 heteroatoms. The van der Waals surface area contributed by atoms with Crippen molar-refractivity contribution in [1.29, 1.82) is 0 Å². The summed E-state index contributed by atoms with van der Waals surface area (Å²) in [5.41, 5.74) is 2.59.